The highest BCUT2D eigenvalue weighted by Gasteiger charge is 2.24. The first-order valence-corrected chi connectivity index (χ1v) is 7.77. The summed E-state index contributed by atoms with van der Waals surface area (Å²) in [5.74, 6) is 0.629. The van der Waals surface area contributed by atoms with Crippen molar-refractivity contribution in [3.05, 3.63) is 38.3 Å². The van der Waals surface area contributed by atoms with Gasteiger partial charge < -0.3 is 5.32 Å². The summed E-state index contributed by atoms with van der Waals surface area (Å²) >= 11 is 9.72. The quantitative estimate of drug-likeness (QED) is 0.761. The molecule has 3 rings (SSSR count). The minimum absolute atomic E-state index is 0.0775. The number of fused-ring (bicyclic) bond motifs is 3. The van der Waals surface area contributed by atoms with Gasteiger partial charge in [0, 0.05) is 21.6 Å². The average Bonchev–Trinajstić information content (AvgIpc) is 2.53. The molecular formula is C15H15BrClNO. The topological polar surface area (TPSA) is 29.1 Å². The van der Waals surface area contributed by atoms with E-state index in [0.29, 0.717) is 10.9 Å². The minimum Gasteiger partial charge on any atom is -0.352 e. The molecule has 1 aliphatic heterocycles. The third-order valence-electron chi connectivity index (χ3n) is 3.89. The molecule has 1 amide bonds. The van der Waals surface area contributed by atoms with Gasteiger partial charge in [0.05, 0.1) is 0 Å². The second kappa shape index (κ2) is 5.29. The maximum Gasteiger partial charge on any atom is 0.247 e. The first-order valence-electron chi connectivity index (χ1n) is 6.60. The Hall–Kier alpha value is -0.800. The van der Waals surface area contributed by atoms with Gasteiger partial charge in [0.15, 0.2) is 0 Å². The van der Waals surface area contributed by atoms with Gasteiger partial charge in [-0.15, -0.1) is 0 Å². The van der Waals surface area contributed by atoms with Gasteiger partial charge in [0.2, 0.25) is 5.91 Å². The Kier molecular flexibility index (Phi) is 3.68. The molecule has 1 aromatic rings. The predicted octanol–water partition coefficient (Wildman–Crippen LogP) is 3.96. The highest BCUT2D eigenvalue weighted by Crippen LogP contribution is 2.36. The van der Waals surface area contributed by atoms with Crippen LogP contribution in [0.2, 0.25) is 5.02 Å². The molecule has 1 aliphatic carbocycles. The number of carbonyl (C=O) groups is 1. The van der Waals surface area contributed by atoms with Crippen LogP contribution in [-0.2, 0) is 11.2 Å². The lowest BCUT2D eigenvalue weighted by molar-refractivity contribution is -0.117. The molecule has 0 spiro atoms. The molecule has 0 saturated carbocycles. The lowest BCUT2D eigenvalue weighted by Gasteiger charge is -2.20. The molecule has 0 radical (unpaired) electrons. The summed E-state index contributed by atoms with van der Waals surface area (Å²) in [5.41, 5.74) is 3.24. The largest absolute Gasteiger partial charge is 0.352 e. The number of hydrogen-bond donors (Lipinski definition) is 1. The van der Waals surface area contributed by atoms with E-state index in [1.54, 1.807) is 0 Å². The van der Waals surface area contributed by atoms with Crippen LogP contribution in [0, 0.1) is 5.92 Å². The van der Waals surface area contributed by atoms with Crippen molar-refractivity contribution in [2.75, 3.05) is 6.54 Å². The third-order valence-corrected chi connectivity index (χ3v) is 4.82. The van der Waals surface area contributed by atoms with Crippen LogP contribution in [0.1, 0.15) is 30.4 Å². The van der Waals surface area contributed by atoms with Gasteiger partial charge in [-0.3, -0.25) is 4.79 Å². The number of nitrogens with one attached hydrogen (secondary N) is 1. The number of rotatable bonds is 0. The molecular weight excluding hydrogens is 326 g/mol. The Morgan fingerprint density at radius 2 is 2.16 bits per heavy atom. The van der Waals surface area contributed by atoms with Crippen LogP contribution in [0.15, 0.2) is 22.2 Å². The van der Waals surface area contributed by atoms with Crippen LogP contribution in [0.3, 0.4) is 0 Å². The van der Waals surface area contributed by atoms with Crippen molar-refractivity contribution in [3.63, 3.8) is 0 Å². The summed E-state index contributed by atoms with van der Waals surface area (Å²) in [4.78, 5) is 12.1. The highest BCUT2D eigenvalue weighted by molar-refractivity contribution is 9.10. The Bertz CT molecular complexity index is 568. The molecule has 2 bridgehead atoms. The number of hydrogen-bond acceptors (Lipinski definition) is 1. The molecule has 0 aromatic heterocycles. The zero-order valence-electron chi connectivity index (χ0n) is 10.5. The van der Waals surface area contributed by atoms with E-state index in [-0.39, 0.29) is 5.91 Å². The fourth-order valence-electron chi connectivity index (χ4n) is 2.95. The number of carbonyl (C=O) groups excluding carboxylic acids is 1. The van der Waals surface area contributed by atoms with E-state index in [2.05, 4.69) is 21.2 Å². The molecule has 4 heteroatoms. The maximum absolute atomic E-state index is 12.1. The molecule has 1 saturated heterocycles. The molecule has 1 fully saturated rings. The maximum atomic E-state index is 12.1. The van der Waals surface area contributed by atoms with Crippen molar-refractivity contribution < 1.29 is 4.79 Å². The summed E-state index contributed by atoms with van der Waals surface area (Å²) in [7, 11) is 0. The van der Waals surface area contributed by atoms with Gasteiger partial charge in [-0.2, -0.15) is 0 Å². The number of benzene rings is 1. The molecule has 19 heavy (non-hydrogen) atoms. The van der Waals surface area contributed by atoms with Crippen molar-refractivity contribution in [1.29, 1.82) is 0 Å². The van der Waals surface area contributed by atoms with Crippen molar-refractivity contribution in [3.8, 4) is 0 Å². The fraction of sp³-hybridized carbons (Fsp3) is 0.400. The van der Waals surface area contributed by atoms with E-state index >= 15 is 0 Å². The summed E-state index contributed by atoms with van der Waals surface area (Å²) in [6.07, 6.45) is 6.11. The van der Waals surface area contributed by atoms with Gasteiger partial charge in [-0.1, -0.05) is 27.5 Å². The van der Waals surface area contributed by atoms with Crippen LogP contribution in [0.5, 0.6) is 0 Å². The predicted molar refractivity (Wildman–Crippen MR) is 81.2 cm³/mol. The Labute approximate surface area is 126 Å². The smallest absolute Gasteiger partial charge is 0.247 e. The van der Waals surface area contributed by atoms with Crippen LogP contribution < -0.4 is 5.32 Å². The van der Waals surface area contributed by atoms with Crippen LogP contribution in [0.25, 0.3) is 6.08 Å². The molecule has 100 valence electrons. The normalized spacial score (nSPS) is 22.5. The van der Waals surface area contributed by atoms with Crippen molar-refractivity contribution >= 4 is 39.5 Å². The lowest BCUT2D eigenvalue weighted by atomic mass is 9.89. The van der Waals surface area contributed by atoms with Crippen LogP contribution >= 0.6 is 27.5 Å². The van der Waals surface area contributed by atoms with Gasteiger partial charge in [-0.05, 0) is 60.9 Å². The van der Waals surface area contributed by atoms with Crippen molar-refractivity contribution in [1.82, 2.24) is 5.32 Å². The third kappa shape index (κ3) is 2.72. The van der Waals surface area contributed by atoms with Crippen molar-refractivity contribution in [2.24, 2.45) is 5.92 Å². The summed E-state index contributed by atoms with van der Waals surface area (Å²) in [6, 6.07) is 3.89. The molecule has 1 heterocycles. The summed E-state index contributed by atoms with van der Waals surface area (Å²) < 4.78 is 1.05. The Balaban J connectivity index is 2.12. The second-order valence-electron chi connectivity index (χ2n) is 5.30. The van der Waals surface area contributed by atoms with Gasteiger partial charge in [0.25, 0.3) is 0 Å². The van der Waals surface area contributed by atoms with Gasteiger partial charge in [-0.25, -0.2) is 0 Å². The molecule has 1 unspecified atom stereocenters. The molecule has 1 aromatic carbocycles. The average molecular weight is 341 g/mol. The standard InChI is InChI=1S/C15H15BrClNO/c16-14-8-12(17)7-10-6-11-4-9(5-13(10)14)2-1-3-18-15(11)19/h6-9H,1-5H2,(H,18,19). The van der Waals surface area contributed by atoms with E-state index < -0.39 is 0 Å². The van der Waals surface area contributed by atoms with Crippen LogP contribution in [0.4, 0.5) is 0 Å². The van der Waals surface area contributed by atoms with E-state index in [4.69, 9.17) is 11.6 Å². The summed E-state index contributed by atoms with van der Waals surface area (Å²) in [5, 5.41) is 3.68. The van der Waals surface area contributed by atoms with E-state index in [1.807, 2.05) is 18.2 Å². The zero-order chi connectivity index (χ0) is 13.4. The van der Waals surface area contributed by atoms with Gasteiger partial charge in [0.1, 0.15) is 0 Å². The zero-order valence-corrected chi connectivity index (χ0v) is 12.9. The molecule has 1 atom stereocenters. The highest BCUT2D eigenvalue weighted by atomic mass is 79.9. The Morgan fingerprint density at radius 1 is 1.32 bits per heavy atom. The Morgan fingerprint density at radius 3 is 3.00 bits per heavy atom. The molecule has 2 aliphatic rings. The number of amides is 1. The van der Waals surface area contributed by atoms with E-state index in [9.17, 15) is 4.79 Å². The fourth-order valence-corrected chi connectivity index (χ4v) is 3.95. The summed E-state index contributed by atoms with van der Waals surface area (Å²) in [6.45, 7) is 0.783. The number of halogens is 2. The SMILES string of the molecule is O=C1NCCCC2CC1=Cc1cc(Cl)cc(Br)c1C2. The van der Waals surface area contributed by atoms with Gasteiger partial charge >= 0.3 is 0 Å². The monoisotopic (exact) mass is 339 g/mol. The van der Waals surface area contributed by atoms with E-state index in [0.717, 1.165) is 47.8 Å². The minimum atomic E-state index is 0.0775. The first-order chi connectivity index (χ1) is 9.13. The first kappa shape index (κ1) is 13.2. The molecule has 2 nitrogen and oxygen atoms in total. The lowest BCUT2D eigenvalue weighted by Crippen LogP contribution is -2.29. The van der Waals surface area contributed by atoms with Crippen LogP contribution in [-0.4, -0.2) is 12.5 Å². The molecule has 1 N–H and O–H groups in total. The second-order valence-corrected chi connectivity index (χ2v) is 6.59. The van der Waals surface area contributed by atoms with E-state index in [1.165, 1.54) is 5.56 Å². The van der Waals surface area contributed by atoms with Crippen molar-refractivity contribution in [2.45, 2.75) is 25.7 Å².